The number of carbonyl (C=O) groups excluding carboxylic acids is 2. The molecule has 0 saturated carbocycles. The molecule has 0 bridgehead atoms. The van der Waals surface area contributed by atoms with Gasteiger partial charge in [-0.2, -0.15) is 5.10 Å². The lowest BCUT2D eigenvalue weighted by molar-refractivity contribution is 0.0527. The van der Waals surface area contributed by atoms with Crippen molar-refractivity contribution in [2.45, 2.75) is 47.1 Å². The van der Waals surface area contributed by atoms with Gasteiger partial charge in [-0.1, -0.05) is 13.8 Å². The smallest absolute Gasteiger partial charge is 0.341 e. The fraction of sp³-hybridized carbons (Fsp3) is 0.429. The number of pyridine rings is 1. The molecule has 3 heterocycles. The molecule has 3 rings (SSSR count). The number of esters is 1. The maximum Gasteiger partial charge on any atom is 0.341 e. The first-order valence-electron chi connectivity index (χ1n) is 9.73. The maximum absolute atomic E-state index is 12.8. The first-order valence-corrected chi connectivity index (χ1v) is 10.6. The van der Waals surface area contributed by atoms with Crippen molar-refractivity contribution in [2.24, 2.45) is 5.92 Å². The Bertz CT molecular complexity index is 1040. The van der Waals surface area contributed by atoms with E-state index in [0.29, 0.717) is 22.0 Å². The van der Waals surface area contributed by atoms with Gasteiger partial charge in [0.05, 0.1) is 23.9 Å². The summed E-state index contributed by atoms with van der Waals surface area (Å²) in [6.45, 7) is 10.3. The second-order valence-corrected chi connectivity index (χ2v) is 8.44. The van der Waals surface area contributed by atoms with E-state index in [1.165, 1.54) is 17.5 Å². The maximum atomic E-state index is 12.8. The second kappa shape index (κ2) is 8.73. The van der Waals surface area contributed by atoms with Crippen LogP contribution in [0.5, 0.6) is 0 Å². The van der Waals surface area contributed by atoms with Gasteiger partial charge in [0.2, 0.25) is 0 Å². The highest BCUT2D eigenvalue weighted by Crippen LogP contribution is 2.31. The molecule has 29 heavy (non-hydrogen) atoms. The van der Waals surface area contributed by atoms with Gasteiger partial charge in [0.1, 0.15) is 5.00 Å². The van der Waals surface area contributed by atoms with Crippen LogP contribution >= 0.6 is 11.3 Å². The fourth-order valence-corrected chi connectivity index (χ4v) is 4.08. The number of rotatable bonds is 7. The minimum absolute atomic E-state index is 0.178. The Morgan fingerprint density at radius 1 is 1.24 bits per heavy atom. The van der Waals surface area contributed by atoms with Gasteiger partial charge in [-0.25, -0.2) is 14.5 Å². The molecule has 0 aromatic carbocycles. The van der Waals surface area contributed by atoms with Gasteiger partial charge >= 0.3 is 5.97 Å². The Morgan fingerprint density at radius 2 is 2.00 bits per heavy atom. The number of anilines is 1. The van der Waals surface area contributed by atoms with E-state index in [-0.39, 0.29) is 18.6 Å². The Kier molecular flexibility index (Phi) is 6.32. The zero-order chi connectivity index (χ0) is 21.1. The first kappa shape index (κ1) is 21.0. The van der Waals surface area contributed by atoms with Crippen molar-refractivity contribution in [3.8, 4) is 0 Å². The van der Waals surface area contributed by atoms with E-state index in [1.54, 1.807) is 19.2 Å². The lowest BCUT2D eigenvalue weighted by atomic mass is 10.0. The van der Waals surface area contributed by atoms with Gasteiger partial charge in [-0.15, -0.1) is 11.3 Å². The minimum Gasteiger partial charge on any atom is -0.462 e. The fourth-order valence-electron chi connectivity index (χ4n) is 3.12. The van der Waals surface area contributed by atoms with Gasteiger partial charge in [-0.05, 0) is 50.1 Å². The number of nitrogens with one attached hydrogen (secondary N) is 1. The Morgan fingerprint density at radius 3 is 2.66 bits per heavy atom. The Labute approximate surface area is 174 Å². The van der Waals surface area contributed by atoms with Crippen LogP contribution in [0.4, 0.5) is 5.00 Å². The molecule has 3 aromatic heterocycles. The van der Waals surface area contributed by atoms with Crippen molar-refractivity contribution in [2.75, 3.05) is 11.9 Å². The predicted octanol–water partition coefficient (Wildman–Crippen LogP) is 4.70. The van der Waals surface area contributed by atoms with Crippen LogP contribution < -0.4 is 5.32 Å². The normalized spacial score (nSPS) is 11.4. The highest BCUT2D eigenvalue weighted by molar-refractivity contribution is 7.15. The summed E-state index contributed by atoms with van der Waals surface area (Å²) in [5.74, 6) is -0.350. The lowest BCUT2D eigenvalue weighted by Crippen LogP contribution is -2.16. The van der Waals surface area contributed by atoms with E-state index in [2.05, 4.69) is 29.2 Å². The van der Waals surface area contributed by atoms with Crippen molar-refractivity contribution >= 4 is 39.2 Å². The summed E-state index contributed by atoms with van der Waals surface area (Å²) in [6, 6.07) is 1.94. The molecule has 0 aliphatic heterocycles. The van der Waals surface area contributed by atoms with E-state index < -0.39 is 5.97 Å². The van der Waals surface area contributed by atoms with E-state index in [4.69, 9.17) is 4.74 Å². The Balaban J connectivity index is 1.89. The lowest BCUT2D eigenvalue weighted by Gasteiger charge is -2.10. The van der Waals surface area contributed by atoms with Crippen LogP contribution in [0.25, 0.3) is 11.0 Å². The molecule has 1 amide bonds. The van der Waals surface area contributed by atoms with Crippen LogP contribution in [0.1, 0.15) is 66.9 Å². The highest BCUT2D eigenvalue weighted by atomic mass is 32.1. The molecule has 0 radical (unpaired) electrons. The van der Waals surface area contributed by atoms with Crippen LogP contribution in [-0.4, -0.2) is 33.2 Å². The number of ether oxygens (including phenoxy) is 1. The number of thiophene rings is 1. The molecular formula is C21H26N4O3S. The summed E-state index contributed by atoms with van der Waals surface area (Å²) in [4.78, 5) is 29.7. The van der Waals surface area contributed by atoms with Crippen LogP contribution in [0.3, 0.4) is 0 Å². The molecule has 0 saturated heterocycles. The van der Waals surface area contributed by atoms with Gasteiger partial charge < -0.3 is 10.1 Å². The zero-order valence-electron chi connectivity index (χ0n) is 17.4. The van der Waals surface area contributed by atoms with Crippen LogP contribution in [0, 0.1) is 5.92 Å². The Hall–Kier alpha value is -2.74. The largest absolute Gasteiger partial charge is 0.462 e. The number of hydrogen-bond acceptors (Lipinski definition) is 6. The summed E-state index contributed by atoms with van der Waals surface area (Å²) in [7, 11) is 0. The van der Waals surface area contributed by atoms with Crippen LogP contribution in [0.2, 0.25) is 0 Å². The van der Waals surface area contributed by atoms with Crippen molar-refractivity contribution in [1.29, 1.82) is 0 Å². The molecule has 0 aliphatic carbocycles. The standard InChI is InChI=1S/C21H26N4O3S/c1-6-28-21(27)17-16(7-12(2)3)11-29-20(17)24-19(26)15-8-14-10-23-25(13(4)5)18(14)22-9-15/h8-13H,6-7H2,1-5H3,(H,24,26). The average molecular weight is 415 g/mol. The van der Waals surface area contributed by atoms with Gasteiger partial charge in [0, 0.05) is 17.6 Å². The molecule has 0 unspecified atom stereocenters. The van der Waals surface area contributed by atoms with E-state index in [0.717, 1.165) is 23.0 Å². The summed E-state index contributed by atoms with van der Waals surface area (Å²) >= 11 is 1.34. The molecule has 0 fully saturated rings. The van der Waals surface area contributed by atoms with E-state index in [9.17, 15) is 9.59 Å². The quantitative estimate of drug-likeness (QED) is 0.566. The summed E-state index contributed by atoms with van der Waals surface area (Å²) < 4.78 is 7.03. The van der Waals surface area contributed by atoms with Crippen LogP contribution in [0.15, 0.2) is 23.8 Å². The summed E-state index contributed by atoms with van der Waals surface area (Å²) in [5.41, 5.74) is 2.49. The van der Waals surface area contributed by atoms with Crippen molar-refractivity contribution in [3.05, 3.63) is 40.5 Å². The SMILES string of the molecule is CCOC(=O)c1c(CC(C)C)csc1NC(=O)c1cnc2c(cnn2C(C)C)c1. The van der Waals surface area contributed by atoms with E-state index >= 15 is 0 Å². The van der Waals surface area contributed by atoms with Gasteiger partial charge in [0.15, 0.2) is 5.65 Å². The molecule has 1 N–H and O–H groups in total. The van der Waals surface area contributed by atoms with Gasteiger partial charge in [-0.3, -0.25) is 4.79 Å². The summed E-state index contributed by atoms with van der Waals surface area (Å²) in [5, 5.41) is 10.4. The van der Waals surface area contributed by atoms with Crippen LogP contribution in [-0.2, 0) is 11.2 Å². The third kappa shape index (κ3) is 4.48. The molecular weight excluding hydrogens is 388 g/mol. The van der Waals surface area contributed by atoms with Crippen molar-refractivity contribution < 1.29 is 14.3 Å². The van der Waals surface area contributed by atoms with Gasteiger partial charge in [0.25, 0.3) is 5.91 Å². The number of nitrogens with zero attached hydrogens (tertiary/aromatic N) is 3. The second-order valence-electron chi connectivity index (χ2n) is 7.56. The highest BCUT2D eigenvalue weighted by Gasteiger charge is 2.23. The molecule has 3 aromatic rings. The number of hydrogen-bond donors (Lipinski definition) is 1. The van der Waals surface area contributed by atoms with E-state index in [1.807, 2.05) is 23.9 Å². The molecule has 0 spiro atoms. The zero-order valence-corrected chi connectivity index (χ0v) is 18.2. The first-order chi connectivity index (χ1) is 13.8. The predicted molar refractivity (Wildman–Crippen MR) is 115 cm³/mol. The number of aromatic nitrogens is 3. The molecule has 7 nitrogen and oxygen atoms in total. The van der Waals surface area contributed by atoms with Crippen molar-refractivity contribution in [3.63, 3.8) is 0 Å². The monoisotopic (exact) mass is 414 g/mol. The third-order valence-corrected chi connectivity index (χ3v) is 5.33. The third-order valence-electron chi connectivity index (χ3n) is 4.39. The minimum atomic E-state index is -0.411. The molecule has 8 heteroatoms. The topological polar surface area (TPSA) is 86.1 Å². The molecule has 154 valence electrons. The number of fused-ring (bicyclic) bond motifs is 1. The average Bonchev–Trinajstić information content (AvgIpc) is 3.25. The summed E-state index contributed by atoms with van der Waals surface area (Å²) in [6.07, 6.45) is 3.97. The van der Waals surface area contributed by atoms with Crippen molar-refractivity contribution in [1.82, 2.24) is 14.8 Å². The number of amides is 1. The molecule has 0 atom stereocenters. The molecule has 0 aliphatic rings. The number of carbonyl (C=O) groups is 2.